The largest absolute Gasteiger partial charge is 0.481 e. The van der Waals surface area contributed by atoms with Crippen LogP contribution in [0.3, 0.4) is 0 Å². The number of hydrogen-bond acceptors (Lipinski definition) is 3. The van der Waals surface area contributed by atoms with Crippen LogP contribution in [-0.4, -0.2) is 20.2 Å². The third-order valence-electron chi connectivity index (χ3n) is 3.48. The van der Waals surface area contributed by atoms with Crippen LogP contribution in [0, 0.1) is 0 Å². The first-order chi connectivity index (χ1) is 9.99. The van der Waals surface area contributed by atoms with Crippen molar-refractivity contribution in [3.8, 4) is 5.88 Å². The molecule has 0 fully saturated rings. The van der Waals surface area contributed by atoms with Crippen LogP contribution in [0.1, 0.15) is 11.1 Å². The highest BCUT2D eigenvalue weighted by molar-refractivity contribution is 6.88. The van der Waals surface area contributed by atoms with Gasteiger partial charge in [-0.1, -0.05) is 55.2 Å². The van der Waals surface area contributed by atoms with Crippen molar-refractivity contribution in [3.63, 3.8) is 0 Å². The van der Waals surface area contributed by atoms with Gasteiger partial charge in [0.05, 0.1) is 15.2 Å². The molecular formula is C17H24N2OSi. The monoisotopic (exact) mass is 300 g/mol. The molecule has 0 bridgehead atoms. The molecule has 0 saturated carbocycles. The van der Waals surface area contributed by atoms with Crippen LogP contribution < -0.4 is 15.2 Å². The summed E-state index contributed by atoms with van der Waals surface area (Å²) in [6.45, 7) is 8.80. The van der Waals surface area contributed by atoms with Crippen LogP contribution in [0.25, 0.3) is 0 Å². The van der Waals surface area contributed by atoms with E-state index in [0.717, 1.165) is 18.7 Å². The summed E-state index contributed by atoms with van der Waals surface area (Å²) in [6, 6.07) is 12.9. The van der Waals surface area contributed by atoms with Gasteiger partial charge in [-0.2, -0.15) is 0 Å². The number of nitrogens with zero attached hydrogens (tertiary/aromatic N) is 1. The molecule has 0 amide bonds. The minimum atomic E-state index is -1.19. The predicted molar refractivity (Wildman–Crippen MR) is 90.8 cm³/mol. The number of nitrogens with one attached hydrogen (secondary N) is 1. The lowest BCUT2D eigenvalue weighted by molar-refractivity contribution is 0.397. The quantitative estimate of drug-likeness (QED) is 0.833. The minimum absolute atomic E-state index is 0.653. The molecule has 0 unspecified atom stereocenters. The first kappa shape index (κ1) is 15.7. The Bertz CT molecular complexity index is 559. The Kier molecular flexibility index (Phi) is 5.15. The molecular weight excluding hydrogens is 276 g/mol. The van der Waals surface area contributed by atoms with Gasteiger partial charge in [0.2, 0.25) is 5.88 Å². The van der Waals surface area contributed by atoms with Gasteiger partial charge in [0.1, 0.15) is 0 Å². The van der Waals surface area contributed by atoms with E-state index in [1.165, 1.54) is 10.8 Å². The van der Waals surface area contributed by atoms with Gasteiger partial charge in [-0.15, -0.1) is 0 Å². The maximum atomic E-state index is 5.05. The molecule has 1 N–H and O–H groups in total. The van der Waals surface area contributed by atoms with E-state index in [1.54, 1.807) is 7.11 Å². The lowest BCUT2D eigenvalue weighted by atomic mass is 10.2. The molecule has 2 aromatic rings. The molecule has 0 aliphatic rings. The molecule has 0 spiro atoms. The molecule has 4 heteroatoms. The van der Waals surface area contributed by atoms with Crippen molar-refractivity contribution in [2.75, 3.05) is 7.11 Å². The number of aromatic nitrogens is 1. The highest BCUT2D eigenvalue weighted by Gasteiger charge is 2.15. The van der Waals surface area contributed by atoms with E-state index in [4.69, 9.17) is 4.74 Å². The number of ether oxygens (including phenoxy) is 1. The summed E-state index contributed by atoms with van der Waals surface area (Å²) in [6.07, 6.45) is 1.85. The summed E-state index contributed by atoms with van der Waals surface area (Å²) in [5, 5.41) is 4.95. The van der Waals surface area contributed by atoms with Crippen LogP contribution in [0.2, 0.25) is 19.6 Å². The molecule has 0 saturated heterocycles. The van der Waals surface area contributed by atoms with E-state index < -0.39 is 8.07 Å². The number of rotatable bonds is 6. The van der Waals surface area contributed by atoms with Crippen molar-refractivity contribution in [1.29, 1.82) is 0 Å². The highest BCUT2D eigenvalue weighted by Crippen LogP contribution is 2.07. The highest BCUT2D eigenvalue weighted by atomic mass is 28.3. The van der Waals surface area contributed by atoms with Gasteiger partial charge in [0, 0.05) is 25.4 Å². The lowest BCUT2D eigenvalue weighted by Gasteiger charge is -2.16. The average molecular weight is 300 g/mol. The van der Waals surface area contributed by atoms with Gasteiger partial charge in [0.25, 0.3) is 0 Å². The maximum absolute atomic E-state index is 5.05. The summed E-state index contributed by atoms with van der Waals surface area (Å²) >= 11 is 0. The zero-order valence-corrected chi connectivity index (χ0v) is 14.3. The van der Waals surface area contributed by atoms with Gasteiger partial charge < -0.3 is 10.1 Å². The van der Waals surface area contributed by atoms with Gasteiger partial charge in [-0.3, -0.25) is 0 Å². The topological polar surface area (TPSA) is 34.1 Å². The smallest absolute Gasteiger partial charge is 0.212 e. The number of methoxy groups -OCH3 is 1. The third kappa shape index (κ3) is 4.69. The van der Waals surface area contributed by atoms with Gasteiger partial charge in [-0.05, 0) is 11.1 Å². The Hall–Kier alpha value is -1.65. The third-order valence-corrected chi connectivity index (χ3v) is 5.55. The Labute approximate surface area is 128 Å². The Morgan fingerprint density at radius 2 is 1.57 bits per heavy atom. The fourth-order valence-electron chi connectivity index (χ4n) is 2.11. The summed E-state index contributed by atoms with van der Waals surface area (Å²) in [5.74, 6) is 0.653. The summed E-state index contributed by atoms with van der Waals surface area (Å²) in [5.41, 5.74) is 2.48. The zero-order chi connectivity index (χ0) is 15.3. The van der Waals surface area contributed by atoms with Gasteiger partial charge >= 0.3 is 0 Å². The van der Waals surface area contributed by atoms with Gasteiger partial charge in [0.15, 0.2) is 0 Å². The fraction of sp³-hybridized carbons (Fsp3) is 0.353. The van der Waals surface area contributed by atoms with E-state index in [2.05, 4.69) is 54.2 Å². The van der Waals surface area contributed by atoms with Crippen LogP contribution >= 0.6 is 0 Å². The summed E-state index contributed by atoms with van der Waals surface area (Å²) < 4.78 is 5.05. The molecule has 0 aliphatic carbocycles. The Morgan fingerprint density at radius 1 is 0.952 bits per heavy atom. The van der Waals surface area contributed by atoms with Crippen LogP contribution in [-0.2, 0) is 13.1 Å². The van der Waals surface area contributed by atoms with Crippen LogP contribution in [0.15, 0.2) is 42.6 Å². The van der Waals surface area contributed by atoms with Crippen LogP contribution in [0.4, 0.5) is 0 Å². The van der Waals surface area contributed by atoms with Crippen molar-refractivity contribution >= 4 is 13.3 Å². The molecule has 0 radical (unpaired) electrons. The summed E-state index contributed by atoms with van der Waals surface area (Å²) in [7, 11) is 0.440. The molecule has 2 rings (SSSR count). The molecule has 1 aromatic heterocycles. The normalized spacial score (nSPS) is 11.4. The molecule has 1 heterocycles. The zero-order valence-electron chi connectivity index (χ0n) is 13.3. The number of hydrogen-bond donors (Lipinski definition) is 1. The lowest BCUT2D eigenvalue weighted by Crippen LogP contribution is -2.37. The van der Waals surface area contributed by atoms with E-state index in [-0.39, 0.29) is 0 Å². The number of benzene rings is 1. The van der Waals surface area contributed by atoms with Crippen molar-refractivity contribution in [3.05, 3.63) is 53.7 Å². The number of pyridine rings is 1. The Morgan fingerprint density at radius 3 is 2.10 bits per heavy atom. The molecule has 0 aliphatic heterocycles. The Balaban J connectivity index is 1.85. The van der Waals surface area contributed by atoms with Crippen molar-refractivity contribution < 1.29 is 4.74 Å². The molecule has 112 valence electrons. The molecule has 1 aromatic carbocycles. The second-order valence-electron chi connectivity index (χ2n) is 6.26. The standard InChI is InChI=1S/C17H24N2OSi/c1-20-17-10-7-15(13-19-17)12-18-11-14-5-8-16(9-6-14)21(2,3)4/h5-10,13,18H,11-12H2,1-4H3. The van der Waals surface area contributed by atoms with Crippen LogP contribution in [0.5, 0.6) is 5.88 Å². The average Bonchev–Trinajstić information content (AvgIpc) is 2.47. The van der Waals surface area contributed by atoms with E-state index >= 15 is 0 Å². The van der Waals surface area contributed by atoms with Gasteiger partial charge in [-0.25, -0.2) is 4.98 Å². The van der Waals surface area contributed by atoms with Crippen molar-refractivity contribution in [2.24, 2.45) is 0 Å². The van der Waals surface area contributed by atoms with E-state index in [0.29, 0.717) is 5.88 Å². The first-order valence-corrected chi connectivity index (χ1v) is 10.8. The predicted octanol–water partition coefficient (Wildman–Crippen LogP) is 2.93. The SMILES string of the molecule is COc1ccc(CNCc2ccc([Si](C)(C)C)cc2)cn1. The second-order valence-corrected chi connectivity index (χ2v) is 11.3. The van der Waals surface area contributed by atoms with Crippen molar-refractivity contribution in [2.45, 2.75) is 32.7 Å². The second kappa shape index (κ2) is 6.87. The summed E-state index contributed by atoms with van der Waals surface area (Å²) in [4.78, 5) is 4.20. The fourth-order valence-corrected chi connectivity index (χ4v) is 3.28. The van der Waals surface area contributed by atoms with E-state index in [1.807, 2.05) is 18.3 Å². The molecule has 21 heavy (non-hydrogen) atoms. The first-order valence-electron chi connectivity index (χ1n) is 7.28. The van der Waals surface area contributed by atoms with Crippen molar-refractivity contribution in [1.82, 2.24) is 10.3 Å². The minimum Gasteiger partial charge on any atom is -0.481 e. The molecule has 0 atom stereocenters. The molecule has 3 nitrogen and oxygen atoms in total. The maximum Gasteiger partial charge on any atom is 0.212 e. The van der Waals surface area contributed by atoms with E-state index in [9.17, 15) is 0 Å².